The number of hydrazine groups is 1. The topological polar surface area (TPSA) is 81.9 Å². The molecule has 5 heteroatoms. The molecule has 0 atom stereocenters. The lowest BCUT2D eigenvalue weighted by Gasteiger charge is -2.06. The smallest absolute Gasteiger partial charge is 0.139 e. The molecule has 18 heavy (non-hydrogen) atoms. The summed E-state index contributed by atoms with van der Waals surface area (Å²) >= 11 is 0. The van der Waals surface area contributed by atoms with Gasteiger partial charge >= 0.3 is 0 Å². The first kappa shape index (κ1) is 14.2. The number of aromatic nitrogens is 2. The first-order chi connectivity index (χ1) is 8.76. The maximum atomic E-state index is 5.37. The van der Waals surface area contributed by atoms with Crippen molar-refractivity contribution in [1.29, 1.82) is 0 Å². The van der Waals surface area contributed by atoms with Crippen molar-refractivity contribution < 1.29 is 0 Å². The SMILES string of the molecule is CCN.CCn1ccnc1-c1cccc(NN)c1. The fourth-order valence-corrected chi connectivity index (χ4v) is 1.57. The van der Waals surface area contributed by atoms with Crippen molar-refractivity contribution in [3.63, 3.8) is 0 Å². The van der Waals surface area contributed by atoms with Crippen LogP contribution in [0.5, 0.6) is 0 Å². The highest BCUT2D eigenvalue weighted by atomic mass is 15.2. The first-order valence-electron chi connectivity index (χ1n) is 6.05. The number of anilines is 1. The van der Waals surface area contributed by atoms with E-state index in [0.717, 1.165) is 30.2 Å². The third-order valence-electron chi connectivity index (χ3n) is 2.34. The van der Waals surface area contributed by atoms with Crippen LogP contribution in [0, 0.1) is 0 Å². The van der Waals surface area contributed by atoms with Crippen LogP contribution in [0.1, 0.15) is 13.8 Å². The maximum Gasteiger partial charge on any atom is 0.139 e. The van der Waals surface area contributed by atoms with Gasteiger partial charge in [0, 0.05) is 30.2 Å². The van der Waals surface area contributed by atoms with Crippen LogP contribution in [-0.2, 0) is 6.54 Å². The van der Waals surface area contributed by atoms with E-state index in [2.05, 4.69) is 21.9 Å². The lowest BCUT2D eigenvalue weighted by atomic mass is 10.2. The molecule has 0 amide bonds. The average molecular weight is 247 g/mol. The minimum atomic E-state index is 0.750. The Balaban J connectivity index is 0.000000492. The van der Waals surface area contributed by atoms with E-state index in [4.69, 9.17) is 11.6 Å². The summed E-state index contributed by atoms with van der Waals surface area (Å²) in [5, 5.41) is 0. The Morgan fingerprint density at radius 1 is 1.33 bits per heavy atom. The molecule has 0 unspecified atom stereocenters. The van der Waals surface area contributed by atoms with Gasteiger partial charge in [-0.05, 0) is 25.6 Å². The number of rotatable bonds is 3. The summed E-state index contributed by atoms with van der Waals surface area (Å²) in [6, 6.07) is 7.88. The van der Waals surface area contributed by atoms with Crippen molar-refractivity contribution in [3.05, 3.63) is 36.7 Å². The number of nitrogens with one attached hydrogen (secondary N) is 1. The Kier molecular flexibility index (Phi) is 5.90. The number of hydrogen-bond donors (Lipinski definition) is 3. The van der Waals surface area contributed by atoms with Crippen LogP contribution < -0.4 is 17.0 Å². The van der Waals surface area contributed by atoms with E-state index >= 15 is 0 Å². The highest BCUT2D eigenvalue weighted by molar-refractivity contribution is 5.62. The molecule has 0 aliphatic carbocycles. The molecular weight excluding hydrogens is 226 g/mol. The Morgan fingerprint density at radius 3 is 2.67 bits per heavy atom. The second kappa shape index (κ2) is 7.47. The quantitative estimate of drug-likeness (QED) is 0.571. The zero-order valence-electron chi connectivity index (χ0n) is 10.9. The zero-order chi connectivity index (χ0) is 13.4. The molecule has 0 saturated carbocycles. The van der Waals surface area contributed by atoms with Crippen LogP contribution in [0.2, 0.25) is 0 Å². The Bertz CT molecular complexity index is 464. The summed E-state index contributed by atoms with van der Waals surface area (Å²) in [6.07, 6.45) is 3.78. The fourth-order valence-electron chi connectivity index (χ4n) is 1.57. The van der Waals surface area contributed by atoms with E-state index in [0.29, 0.717) is 0 Å². The van der Waals surface area contributed by atoms with E-state index in [1.807, 2.05) is 37.4 Å². The van der Waals surface area contributed by atoms with Crippen LogP contribution in [0.15, 0.2) is 36.7 Å². The molecule has 2 aromatic rings. The van der Waals surface area contributed by atoms with Gasteiger partial charge < -0.3 is 15.7 Å². The summed E-state index contributed by atoms with van der Waals surface area (Å²) in [7, 11) is 0. The van der Waals surface area contributed by atoms with Crippen LogP contribution >= 0.6 is 0 Å². The van der Waals surface area contributed by atoms with Crippen molar-refractivity contribution in [2.75, 3.05) is 12.0 Å². The maximum absolute atomic E-state index is 5.37. The lowest BCUT2D eigenvalue weighted by molar-refractivity contribution is 0.771. The molecule has 1 aromatic carbocycles. The standard InChI is InChI=1S/C11H14N4.C2H7N/c1-2-15-7-6-13-11(15)9-4-3-5-10(8-9)14-12;1-2-3/h3-8,14H,2,12H2,1H3;2-3H2,1H3. The Morgan fingerprint density at radius 2 is 2.06 bits per heavy atom. The van der Waals surface area contributed by atoms with E-state index in [-0.39, 0.29) is 0 Å². The van der Waals surface area contributed by atoms with Gasteiger partial charge in [-0.15, -0.1) is 0 Å². The van der Waals surface area contributed by atoms with Crippen molar-refractivity contribution in [2.24, 2.45) is 11.6 Å². The third kappa shape index (κ3) is 3.58. The van der Waals surface area contributed by atoms with Gasteiger partial charge in [0.25, 0.3) is 0 Å². The van der Waals surface area contributed by atoms with E-state index in [1.54, 1.807) is 6.20 Å². The van der Waals surface area contributed by atoms with E-state index in [9.17, 15) is 0 Å². The zero-order valence-corrected chi connectivity index (χ0v) is 10.9. The highest BCUT2D eigenvalue weighted by Crippen LogP contribution is 2.20. The minimum Gasteiger partial charge on any atom is -0.331 e. The molecule has 0 saturated heterocycles. The van der Waals surface area contributed by atoms with Gasteiger partial charge in [-0.25, -0.2) is 4.98 Å². The molecule has 1 heterocycles. The number of nitrogens with zero attached hydrogens (tertiary/aromatic N) is 2. The third-order valence-corrected chi connectivity index (χ3v) is 2.34. The normalized spacial score (nSPS) is 9.56. The largest absolute Gasteiger partial charge is 0.331 e. The second-order valence-corrected chi connectivity index (χ2v) is 3.67. The van der Waals surface area contributed by atoms with Crippen molar-refractivity contribution in [3.8, 4) is 11.4 Å². The minimum absolute atomic E-state index is 0.750. The summed E-state index contributed by atoms with van der Waals surface area (Å²) in [6.45, 7) is 5.66. The van der Waals surface area contributed by atoms with Crippen LogP contribution in [-0.4, -0.2) is 16.1 Å². The summed E-state index contributed by atoms with van der Waals surface area (Å²) < 4.78 is 2.09. The van der Waals surface area contributed by atoms with Crippen LogP contribution in [0.3, 0.4) is 0 Å². The molecule has 0 radical (unpaired) electrons. The van der Waals surface area contributed by atoms with Gasteiger partial charge in [-0.2, -0.15) is 0 Å². The van der Waals surface area contributed by atoms with Gasteiger partial charge in [0.2, 0.25) is 0 Å². The number of nitrogen functional groups attached to an aromatic ring is 1. The van der Waals surface area contributed by atoms with Crippen LogP contribution in [0.4, 0.5) is 5.69 Å². The van der Waals surface area contributed by atoms with Crippen molar-refractivity contribution in [1.82, 2.24) is 9.55 Å². The summed E-state index contributed by atoms with van der Waals surface area (Å²) in [5.74, 6) is 6.33. The lowest BCUT2D eigenvalue weighted by Crippen LogP contribution is -2.06. The van der Waals surface area contributed by atoms with Gasteiger partial charge in [-0.1, -0.05) is 19.1 Å². The average Bonchev–Trinajstić information content (AvgIpc) is 2.88. The van der Waals surface area contributed by atoms with E-state index in [1.165, 1.54) is 0 Å². The number of benzene rings is 1. The van der Waals surface area contributed by atoms with Gasteiger partial charge in [0.15, 0.2) is 0 Å². The molecule has 0 fully saturated rings. The van der Waals surface area contributed by atoms with Gasteiger partial charge in [0.1, 0.15) is 5.82 Å². The van der Waals surface area contributed by atoms with Crippen molar-refractivity contribution in [2.45, 2.75) is 20.4 Å². The molecule has 0 aliphatic rings. The molecule has 98 valence electrons. The summed E-state index contributed by atoms with van der Waals surface area (Å²) in [5.41, 5.74) is 9.43. The van der Waals surface area contributed by atoms with Gasteiger partial charge in [-0.3, -0.25) is 5.84 Å². The predicted octanol–water partition coefficient (Wildman–Crippen LogP) is 1.82. The second-order valence-electron chi connectivity index (χ2n) is 3.67. The first-order valence-corrected chi connectivity index (χ1v) is 6.05. The molecule has 0 bridgehead atoms. The molecular formula is C13H21N5. The van der Waals surface area contributed by atoms with Crippen molar-refractivity contribution >= 4 is 5.69 Å². The number of hydrogen-bond acceptors (Lipinski definition) is 4. The Labute approximate surface area is 108 Å². The Hall–Kier alpha value is -1.85. The van der Waals surface area contributed by atoms with Gasteiger partial charge in [0.05, 0.1) is 0 Å². The molecule has 1 aromatic heterocycles. The monoisotopic (exact) mass is 247 g/mol. The molecule has 0 spiro atoms. The molecule has 5 N–H and O–H groups in total. The number of aryl methyl sites for hydroxylation is 1. The molecule has 0 aliphatic heterocycles. The predicted molar refractivity (Wildman–Crippen MR) is 75.9 cm³/mol. The fraction of sp³-hybridized carbons (Fsp3) is 0.308. The highest BCUT2D eigenvalue weighted by Gasteiger charge is 2.04. The number of nitrogens with two attached hydrogens (primary N) is 2. The van der Waals surface area contributed by atoms with E-state index < -0.39 is 0 Å². The summed E-state index contributed by atoms with van der Waals surface area (Å²) in [4.78, 5) is 4.33. The van der Waals surface area contributed by atoms with Crippen LogP contribution in [0.25, 0.3) is 11.4 Å². The number of imidazole rings is 1. The molecule has 2 rings (SSSR count). The molecule has 5 nitrogen and oxygen atoms in total.